The van der Waals surface area contributed by atoms with E-state index in [4.69, 9.17) is 0 Å². The van der Waals surface area contributed by atoms with Crippen LogP contribution in [0.3, 0.4) is 0 Å². The molecule has 0 aliphatic heterocycles. The summed E-state index contributed by atoms with van der Waals surface area (Å²) in [5.74, 6) is 0.660. The quantitative estimate of drug-likeness (QED) is 0.828. The zero-order valence-corrected chi connectivity index (χ0v) is 11.8. The van der Waals surface area contributed by atoms with E-state index in [2.05, 4.69) is 22.5 Å². The summed E-state index contributed by atoms with van der Waals surface area (Å²) in [7, 11) is 0. The van der Waals surface area contributed by atoms with Gasteiger partial charge in [-0.25, -0.2) is 0 Å². The van der Waals surface area contributed by atoms with Gasteiger partial charge < -0.3 is 10.6 Å². The number of anilines is 1. The molecule has 19 heavy (non-hydrogen) atoms. The molecule has 1 fully saturated rings. The minimum absolute atomic E-state index is 0.0157. The SMILES string of the molecule is CCCNc1cc(C)ncc1C(=O)NCC1CCC1. The lowest BCUT2D eigenvalue weighted by molar-refractivity contribution is 0.0939. The first-order valence-corrected chi connectivity index (χ1v) is 7.19. The second kappa shape index (κ2) is 6.55. The highest BCUT2D eigenvalue weighted by atomic mass is 16.1. The van der Waals surface area contributed by atoms with Gasteiger partial charge in [-0.2, -0.15) is 0 Å². The Labute approximate surface area is 115 Å². The van der Waals surface area contributed by atoms with Crippen LogP contribution in [0.2, 0.25) is 0 Å². The minimum Gasteiger partial charge on any atom is -0.384 e. The largest absolute Gasteiger partial charge is 0.384 e. The number of nitrogens with one attached hydrogen (secondary N) is 2. The zero-order valence-electron chi connectivity index (χ0n) is 11.8. The number of aromatic nitrogens is 1. The summed E-state index contributed by atoms with van der Waals surface area (Å²) >= 11 is 0. The highest BCUT2D eigenvalue weighted by Crippen LogP contribution is 2.25. The Hall–Kier alpha value is -1.58. The van der Waals surface area contributed by atoms with Crippen molar-refractivity contribution in [3.63, 3.8) is 0 Å². The molecule has 2 rings (SSSR count). The topological polar surface area (TPSA) is 54.0 Å². The summed E-state index contributed by atoms with van der Waals surface area (Å²) in [6.07, 6.45) is 6.49. The van der Waals surface area contributed by atoms with Crippen molar-refractivity contribution in [2.75, 3.05) is 18.4 Å². The van der Waals surface area contributed by atoms with Crippen LogP contribution in [0, 0.1) is 12.8 Å². The van der Waals surface area contributed by atoms with Crippen molar-refractivity contribution >= 4 is 11.6 Å². The molecule has 1 heterocycles. The number of aryl methyl sites for hydroxylation is 1. The van der Waals surface area contributed by atoms with Crippen LogP contribution in [0.15, 0.2) is 12.3 Å². The van der Waals surface area contributed by atoms with E-state index < -0.39 is 0 Å². The average molecular weight is 261 g/mol. The first kappa shape index (κ1) is 13.8. The molecule has 0 bridgehead atoms. The van der Waals surface area contributed by atoms with Gasteiger partial charge in [-0.1, -0.05) is 13.3 Å². The standard InChI is InChI=1S/C15H23N3O/c1-3-7-16-14-8-11(2)17-10-13(14)15(19)18-9-12-5-4-6-12/h8,10,12H,3-7,9H2,1-2H3,(H,16,17)(H,18,19). The maximum atomic E-state index is 12.2. The fourth-order valence-electron chi connectivity index (χ4n) is 2.18. The molecule has 0 aromatic carbocycles. The molecule has 0 spiro atoms. The lowest BCUT2D eigenvalue weighted by Crippen LogP contribution is -2.32. The Morgan fingerprint density at radius 1 is 1.47 bits per heavy atom. The van der Waals surface area contributed by atoms with E-state index in [9.17, 15) is 4.79 Å². The van der Waals surface area contributed by atoms with Gasteiger partial charge in [0.25, 0.3) is 5.91 Å². The molecular formula is C15H23N3O. The molecule has 1 aliphatic rings. The third-order valence-electron chi connectivity index (χ3n) is 3.63. The van der Waals surface area contributed by atoms with Crippen LogP contribution in [0.5, 0.6) is 0 Å². The van der Waals surface area contributed by atoms with Gasteiger partial charge in [-0.15, -0.1) is 0 Å². The molecule has 1 amide bonds. The van der Waals surface area contributed by atoms with E-state index in [0.29, 0.717) is 11.5 Å². The van der Waals surface area contributed by atoms with E-state index >= 15 is 0 Å². The normalized spacial score (nSPS) is 14.8. The van der Waals surface area contributed by atoms with Gasteiger partial charge in [0.05, 0.1) is 11.3 Å². The van der Waals surface area contributed by atoms with Gasteiger partial charge in [0.1, 0.15) is 0 Å². The Bertz CT molecular complexity index is 441. The smallest absolute Gasteiger partial charge is 0.254 e. The molecule has 1 saturated carbocycles. The molecule has 4 nitrogen and oxygen atoms in total. The molecule has 104 valence electrons. The van der Waals surface area contributed by atoms with Gasteiger partial charge in [0, 0.05) is 25.0 Å². The van der Waals surface area contributed by atoms with Gasteiger partial charge in [0.15, 0.2) is 0 Å². The lowest BCUT2D eigenvalue weighted by atomic mass is 9.85. The lowest BCUT2D eigenvalue weighted by Gasteiger charge is -2.25. The Balaban J connectivity index is 2.01. The van der Waals surface area contributed by atoms with E-state index in [1.807, 2.05) is 13.0 Å². The van der Waals surface area contributed by atoms with Crippen LogP contribution >= 0.6 is 0 Å². The molecule has 1 aromatic heterocycles. The van der Waals surface area contributed by atoms with Crippen LogP contribution in [0.4, 0.5) is 5.69 Å². The highest BCUT2D eigenvalue weighted by Gasteiger charge is 2.19. The molecule has 2 N–H and O–H groups in total. The van der Waals surface area contributed by atoms with Crippen molar-refractivity contribution in [2.24, 2.45) is 5.92 Å². The van der Waals surface area contributed by atoms with Gasteiger partial charge in [-0.3, -0.25) is 9.78 Å². The van der Waals surface area contributed by atoms with Crippen molar-refractivity contribution in [1.29, 1.82) is 0 Å². The van der Waals surface area contributed by atoms with E-state index in [0.717, 1.165) is 30.9 Å². The third kappa shape index (κ3) is 3.69. The predicted molar refractivity (Wildman–Crippen MR) is 77.4 cm³/mol. The third-order valence-corrected chi connectivity index (χ3v) is 3.63. The summed E-state index contributed by atoms with van der Waals surface area (Å²) in [6, 6.07) is 1.94. The maximum absolute atomic E-state index is 12.2. The number of hydrogen-bond acceptors (Lipinski definition) is 3. The van der Waals surface area contributed by atoms with Crippen LogP contribution in [0.1, 0.15) is 48.7 Å². The molecular weight excluding hydrogens is 238 g/mol. The summed E-state index contributed by atoms with van der Waals surface area (Å²) in [5, 5.41) is 6.32. The predicted octanol–water partition coefficient (Wildman–Crippen LogP) is 2.74. The first-order chi connectivity index (χ1) is 9.20. The number of pyridine rings is 1. The van der Waals surface area contributed by atoms with Crippen LogP contribution in [0.25, 0.3) is 0 Å². The Morgan fingerprint density at radius 3 is 2.89 bits per heavy atom. The number of carbonyl (C=O) groups excluding carboxylic acids is 1. The molecule has 0 radical (unpaired) electrons. The van der Waals surface area contributed by atoms with E-state index in [1.54, 1.807) is 6.20 Å². The van der Waals surface area contributed by atoms with Crippen molar-refractivity contribution < 1.29 is 4.79 Å². The van der Waals surface area contributed by atoms with Crippen LogP contribution in [-0.2, 0) is 0 Å². The van der Waals surface area contributed by atoms with Gasteiger partial charge in [0.2, 0.25) is 0 Å². The van der Waals surface area contributed by atoms with Crippen LogP contribution < -0.4 is 10.6 Å². The van der Waals surface area contributed by atoms with E-state index in [1.165, 1.54) is 19.3 Å². The van der Waals surface area contributed by atoms with Crippen molar-refractivity contribution in [3.05, 3.63) is 23.5 Å². The number of nitrogens with zero attached hydrogens (tertiary/aromatic N) is 1. The molecule has 4 heteroatoms. The highest BCUT2D eigenvalue weighted by molar-refractivity contribution is 5.99. The summed E-state index contributed by atoms with van der Waals surface area (Å²) < 4.78 is 0. The monoisotopic (exact) mass is 261 g/mol. The van der Waals surface area contributed by atoms with E-state index in [-0.39, 0.29) is 5.91 Å². The zero-order chi connectivity index (χ0) is 13.7. The number of amides is 1. The average Bonchev–Trinajstić information content (AvgIpc) is 2.34. The van der Waals surface area contributed by atoms with Crippen molar-refractivity contribution in [1.82, 2.24) is 10.3 Å². The summed E-state index contributed by atoms with van der Waals surface area (Å²) in [6.45, 7) is 5.71. The number of hydrogen-bond donors (Lipinski definition) is 2. The summed E-state index contributed by atoms with van der Waals surface area (Å²) in [4.78, 5) is 16.4. The van der Waals surface area contributed by atoms with Crippen molar-refractivity contribution in [2.45, 2.75) is 39.5 Å². The fraction of sp³-hybridized carbons (Fsp3) is 0.600. The van der Waals surface area contributed by atoms with Crippen molar-refractivity contribution in [3.8, 4) is 0 Å². The molecule has 0 unspecified atom stereocenters. The van der Waals surface area contributed by atoms with Gasteiger partial charge >= 0.3 is 0 Å². The van der Waals surface area contributed by atoms with Gasteiger partial charge in [-0.05, 0) is 38.2 Å². The molecule has 1 aliphatic carbocycles. The Kier molecular flexibility index (Phi) is 4.77. The molecule has 1 aromatic rings. The molecule has 0 saturated heterocycles. The second-order valence-corrected chi connectivity index (χ2v) is 5.30. The minimum atomic E-state index is -0.0157. The Morgan fingerprint density at radius 2 is 2.26 bits per heavy atom. The van der Waals surface area contributed by atoms with Crippen LogP contribution in [-0.4, -0.2) is 24.0 Å². The second-order valence-electron chi connectivity index (χ2n) is 5.30. The maximum Gasteiger partial charge on any atom is 0.254 e. The first-order valence-electron chi connectivity index (χ1n) is 7.19. The fourth-order valence-corrected chi connectivity index (χ4v) is 2.18. The molecule has 0 atom stereocenters. The number of carbonyl (C=O) groups is 1. The number of rotatable bonds is 6. The summed E-state index contributed by atoms with van der Waals surface area (Å²) in [5.41, 5.74) is 2.47.